The Morgan fingerprint density at radius 1 is 1.39 bits per heavy atom. The number of benzene rings is 1. The molecule has 0 aliphatic heterocycles. The third-order valence-electron chi connectivity index (χ3n) is 3.52. The van der Waals surface area contributed by atoms with Crippen LogP contribution in [-0.2, 0) is 6.54 Å². The molecule has 0 fully saturated rings. The second-order valence-corrected chi connectivity index (χ2v) is 6.10. The molecule has 2 rings (SSSR count). The molecule has 1 aromatic carbocycles. The molecule has 2 aromatic rings. The lowest BCUT2D eigenvalue weighted by Crippen LogP contribution is -2.02. The fourth-order valence-corrected chi connectivity index (χ4v) is 2.63. The summed E-state index contributed by atoms with van der Waals surface area (Å²) < 4.78 is 8.49. The van der Waals surface area contributed by atoms with Gasteiger partial charge >= 0.3 is 0 Å². The fourth-order valence-electron chi connectivity index (χ4n) is 2.26. The monoisotopic (exact) mass is 376 g/mol. The minimum Gasteiger partial charge on any atom is -0.493 e. The number of hydrogen-bond acceptors (Lipinski definition) is 3. The van der Waals surface area contributed by atoms with Crippen LogP contribution in [0.1, 0.15) is 41.9 Å². The molecule has 0 bridgehead atoms. The molecule has 0 saturated heterocycles. The summed E-state index contributed by atoms with van der Waals surface area (Å²) in [5, 5.41) is 4.21. The van der Waals surface area contributed by atoms with E-state index in [-0.39, 0.29) is 5.78 Å². The molecule has 0 saturated carbocycles. The smallest absolute Gasteiger partial charge is 0.189 e. The van der Waals surface area contributed by atoms with Crippen molar-refractivity contribution in [2.45, 2.75) is 33.7 Å². The van der Waals surface area contributed by atoms with Crippen molar-refractivity contribution in [1.82, 2.24) is 9.78 Å². The zero-order chi connectivity index (χ0) is 16.8. The van der Waals surface area contributed by atoms with Crippen LogP contribution in [0.4, 0.5) is 0 Å². The van der Waals surface area contributed by atoms with Gasteiger partial charge in [0.25, 0.3) is 0 Å². The first kappa shape index (κ1) is 17.5. The van der Waals surface area contributed by atoms with Crippen LogP contribution in [0.3, 0.4) is 0 Å². The maximum absolute atomic E-state index is 12.4. The standard InChI is InChI=1S/C18H21BrN2O2/c1-4-10-23-18-9-7-15(19)11-14(18)6-8-17(22)16-12-20-21(5-2)13(16)3/h6-9,11-12H,4-5,10H2,1-3H3/b8-6+. The van der Waals surface area contributed by atoms with E-state index >= 15 is 0 Å². The van der Waals surface area contributed by atoms with Crippen molar-refractivity contribution in [3.05, 3.63) is 51.8 Å². The molecular formula is C18H21BrN2O2. The van der Waals surface area contributed by atoms with Gasteiger partial charge in [0.05, 0.1) is 18.4 Å². The van der Waals surface area contributed by atoms with E-state index in [9.17, 15) is 4.79 Å². The molecule has 23 heavy (non-hydrogen) atoms. The topological polar surface area (TPSA) is 44.1 Å². The highest BCUT2D eigenvalue weighted by molar-refractivity contribution is 9.10. The van der Waals surface area contributed by atoms with Crippen LogP contribution >= 0.6 is 15.9 Å². The Hall–Kier alpha value is -1.88. The number of carbonyl (C=O) groups is 1. The van der Waals surface area contributed by atoms with E-state index in [4.69, 9.17) is 4.74 Å². The minimum absolute atomic E-state index is 0.0522. The van der Waals surface area contributed by atoms with Gasteiger partial charge < -0.3 is 4.74 Å². The molecule has 4 nitrogen and oxygen atoms in total. The second-order valence-electron chi connectivity index (χ2n) is 5.19. The lowest BCUT2D eigenvalue weighted by molar-refractivity contribution is 0.104. The number of carbonyl (C=O) groups excluding carboxylic acids is 1. The van der Waals surface area contributed by atoms with Crippen LogP contribution in [0.5, 0.6) is 5.75 Å². The summed E-state index contributed by atoms with van der Waals surface area (Å²) in [6, 6.07) is 5.78. The van der Waals surface area contributed by atoms with E-state index in [1.807, 2.05) is 36.7 Å². The predicted octanol–water partition coefficient (Wildman–Crippen LogP) is 4.66. The first-order valence-electron chi connectivity index (χ1n) is 7.74. The minimum atomic E-state index is -0.0522. The first-order chi connectivity index (χ1) is 11.1. The van der Waals surface area contributed by atoms with E-state index in [1.165, 1.54) is 0 Å². The van der Waals surface area contributed by atoms with Crippen molar-refractivity contribution in [2.24, 2.45) is 0 Å². The van der Waals surface area contributed by atoms with Gasteiger partial charge in [-0.15, -0.1) is 0 Å². The Labute approximate surface area is 145 Å². The number of hydrogen-bond donors (Lipinski definition) is 0. The molecule has 0 aliphatic carbocycles. The van der Waals surface area contributed by atoms with E-state index in [0.717, 1.165) is 34.4 Å². The van der Waals surface area contributed by atoms with Crippen LogP contribution < -0.4 is 4.74 Å². The summed E-state index contributed by atoms with van der Waals surface area (Å²) in [5.41, 5.74) is 2.40. The summed E-state index contributed by atoms with van der Waals surface area (Å²) in [7, 11) is 0. The Kier molecular flexibility index (Phi) is 6.16. The summed E-state index contributed by atoms with van der Waals surface area (Å²) in [5.74, 6) is 0.726. The molecule has 0 atom stereocenters. The third-order valence-corrected chi connectivity index (χ3v) is 4.01. The van der Waals surface area contributed by atoms with Crippen LogP contribution in [0.2, 0.25) is 0 Å². The SMILES string of the molecule is CCCOc1ccc(Br)cc1/C=C/C(=O)c1cnn(CC)c1C. The average Bonchev–Trinajstić information content (AvgIpc) is 2.92. The van der Waals surface area contributed by atoms with Crippen molar-refractivity contribution in [3.8, 4) is 5.75 Å². The number of allylic oxidation sites excluding steroid dienone is 1. The summed E-state index contributed by atoms with van der Waals surface area (Å²) in [6.45, 7) is 7.38. The van der Waals surface area contributed by atoms with Crippen LogP contribution in [0.25, 0.3) is 6.08 Å². The molecule has 1 heterocycles. The van der Waals surface area contributed by atoms with Crippen molar-refractivity contribution < 1.29 is 9.53 Å². The van der Waals surface area contributed by atoms with Crippen molar-refractivity contribution in [2.75, 3.05) is 6.61 Å². The first-order valence-corrected chi connectivity index (χ1v) is 8.53. The average molecular weight is 377 g/mol. The third kappa shape index (κ3) is 4.32. The van der Waals surface area contributed by atoms with Gasteiger partial charge in [0.2, 0.25) is 0 Å². The fraction of sp³-hybridized carbons (Fsp3) is 0.333. The molecule has 0 N–H and O–H groups in total. The molecule has 0 unspecified atom stereocenters. The number of ketones is 1. The molecule has 5 heteroatoms. The Bertz CT molecular complexity index is 720. The Morgan fingerprint density at radius 2 is 2.17 bits per heavy atom. The maximum Gasteiger partial charge on any atom is 0.189 e. The quantitative estimate of drug-likeness (QED) is 0.521. The highest BCUT2D eigenvalue weighted by Crippen LogP contribution is 2.25. The van der Waals surface area contributed by atoms with E-state index in [1.54, 1.807) is 18.3 Å². The zero-order valence-corrected chi connectivity index (χ0v) is 15.3. The van der Waals surface area contributed by atoms with Gasteiger partial charge in [0.15, 0.2) is 5.78 Å². The number of aryl methyl sites for hydroxylation is 1. The molecule has 1 aromatic heterocycles. The van der Waals surface area contributed by atoms with Gasteiger partial charge in [-0.25, -0.2) is 0 Å². The van der Waals surface area contributed by atoms with Crippen molar-refractivity contribution >= 4 is 27.8 Å². The molecule has 0 spiro atoms. The van der Waals surface area contributed by atoms with Gasteiger partial charge in [0, 0.05) is 22.3 Å². The highest BCUT2D eigenvalue weighted by atomic mass is 79.9. The van der Waals surface area contributed by atoms with Crippen molar-refractivity contribution in [1.29, 1.82) is 0 Å². The van der Waals surface area contributed by atoms with Crippen molar-refractivity contribution in [3.63, 3.8) is 0 Å². The number of halogens is 1. The van der Waals surface area contributed by atoms with Gasteiger partial charge in [-0.05, 0) is 50.6 Å². The largest absolute Gasteiger partial charge is 0.493 e. The normalized spacial score (nSPS) is 11.1. The van der Waals surface area contributed by atoms with Gasteiger partial charge in [-0.1, -0.05) is 22.9 Å². The summed E-state index contributed by atoms with van der Waals surface area (Å²) >= 11 is 3.45. The maximum atomic E-state index is 12.4. The molecule has 0 aliphatic rings. The zero-order valence-electron chi connectivity index (χ0n) is 13.7. The summed E-state index contributed by atoms with van der Waals surface area (Å²) in [4.78, 5) is 12.4. The van der Waals surface area contributed by atoms with E-state index < -0.39 is 0 Å². The molecule has 122 valence electrons. The lowest BCUT2D eigenvalue weighted by Gasteiger charge is -2.08. The number of ether oxygens (including phenoxy) is 1. The van der Waals surface area contributed by atoms with Gasteiger partial charge in [-0.3, -0.25) is 9.48 Å². The Morgan fingerprint density at radius 3 is 2.83 bits per heavy atom. The molecular weight excluding hydrogens is 356 g/mol. The molecule has 0 amide bonds. The van der Waals surface area contributed by atoms with E-state index in [0.29, 0.717) is 12.2 Å². The predicted molar refractivity (Wildman–Crippen MR) is 95.9 cm³/mol. The highest BCUT2D eigenvalue weighted by Gasteiger charge is 2.11. The van der Waals surface area contributed by atoms with Gasteiger partial charge in [-0.2, -0.15) is 5.10 Å². The van der Waals surface area contributed by atoms with Crippen LogP contribution in [0, 0.1) is 6.92 Å². The number of aromatic nitrogens is 2. The number of rotatable bonds is 7. The van der Waals surface area contributed by atoms with Crippen LogP contribution in [-0.4, -0.2) is 22.2 Å². The Balaban J connectivity index is 2.23. The molecule has 0 radical (unpaired) electrons. The van der Waals surface area contributed by atoms with Crippen LogP contribution in [0.15, 0.2) is 34.9 Å². The second kappa shape index (κ2) is 8.11. The van der Waals surface area contributed by atoms with E-state index in [2.05, 4.69) is 28.0 Å². The number of nitrogens with zero attached hydrogens (tertiary/aromatic N) is 2. The van der Waals surface area contributed by atoms with Gasteiger partial charge in [0.1, 0.15) is 5.75 Å². The summed E-state index contributed by atoms with van der Waals surface area (Å²) in [6.07, 6.45) is 5.93. The lowest BCUT2D eigenvalue weighted by atomic mass is 10.1.